The van der Waals surface area contributed by atoms with E-state index >= 15 is 0 Å². The molecule has 3 heterocycles. The molecule has 0 N–H and O–H groups in total. The second-order valence-electron chi connectivity index (χ2n) is 11.4. The minimum Gasteiger partial charge on any atom is -0.442 e. The lowest BCUT2D eigenvalue weighted by atomic mass is 9.98. The van der Waals surface area contributed by atoms with E-state index in [0.29, 0.717) is 11.8 Å². The molecule has 4 aromatic rings. The van der Waals surface area contributed by atoms with E-state index in [2.05, 4.69) is 74.8 Å². The van der Waals surface area contributed by atoms with Crippen molar-refractivity contribution < 1.29 is 4.74 Å². The van der Waals surface area contributed by atoms with Crippen molar-refractivity contribution >= 4 is 45.3 Å². The topological polar surface area (TPSA) is 53.9 Å². The quantitative estimate of drug-likeness (QED) is 0.259. The van der Waals surface area contributed by atoms with Crippen LogP contribution in [0.25, 0.3) is 21.8 Å². The van der Waals surface area contributed by atoms with Crippen LogP contribution in [0.2, 0.25) is 0 Å². The molecule has 0 unspecified atom stereocenters. The number of ether oxygens (including phenoxy) is 1. The number of unbranched alkanes of at least 4 members (excludes halogenated alkanes) is 1. The van der Waals surface area contributed by atoms with Crippen LogP contribution in [0.3, 0.4) is 0 Å². The maximum absolute atomic E-state index is 7.11. The molecule has 2 aliphatic rings. The number of anilines is 2. The number of nitrogens with zero attached hydrogens (tertiary/aromatic N) is 5. The van der Waals surface area contributed by atoms with Crippen molar-refractivity contribution in [1.82, 2.24) is 9.97 Å². The Hall–Kier alpha value is -3.67. The predicted octanol–water partition coefficient (Wildman–Crippen LogP) is 7.51. The second-order valence-corrected chi connectivity index (χ2v) is 11.4. The highest BCUT2D eigenvalue weighted by atomic mass is 16.5. The lowest BCUT2D eigenvalue weighted by Gasteiger charge is -2.44. The van der Waals surface area contributed by atoms with Crippen LogP contribution in [0.4, 0.5) is 17.3 Å². The molecule has 196 valence electrons. The van der Waals surface area contributed by atoms with Crippen LogP contribution >= 0.6 is 0 Å². The normalized spacial score (nSPS) is 15.7. The summed E-state index contributed by atoms with van der Waals surface area (Å²) < 4.78 is 7.11. The molecular weight excluding hydrogens is 470 g/mol. The Morgan fingerprint density at radius 2 is 1.47 bits per heavy atom. The minimum absolute atomic E-state index is 0.391. The van der Waals surface area contributed by atoms with Crippen molar-refractivity contribution in [2.24, 2.45) is 16.8 Å². The van der Waals surface area contributed by atoms with Gasteiger partial charge in [0.15, 0.2) is 17.4 Å². The van der Waals surface area contributed by atoms with Crippen LogP contribution in [-0.4, -0.2) is 35.1 Å². The van der Waals surface area contributed by atoms with Gasteiger partial charge in [0.1, 0.15) is 5.69 Å². The molecule has 1 spiro atoms. The molecule has 0 bridgehead atoms. The van der Waals surface area contributed by atoms with E-state index < -0.39 is 5.85 Å². The van der Waals surface area contributed by atoms with Gasteiger partial charge in [0.05, 0.1) is 17.2 Å². The van der Waals surface area contributed by atoms with E-state index in [9.17, 15) is 0 Å². The van der Waals surface area contributed by atoms with Gasteiger partial charge in [-0.1, -0.05) is 77.4 Å². The number of rotatable bonds is 7. The van der Waals surface area contributed by atoms with E-state index in [1.165, 1.54) is 16.3 Å². The Balaban J connectivity index is 1.54. The zero-order chi connectivity index (χ0) is 26.4. The molecular formula is C32H37N5O. The summed E-state index contributed by atoms with van der Waals surface area (Å²) >= 11 is 0. The van der Waals surface area contributed by atoms with Gasteiger partial charge in [0.25, 0.3) is 0 Å². The van der Waals surface area contributed by atoms with Crippen molar-refractivity contribution in [1.29, 1.82) is 0 Å². The molecule has 6 rings (SSSR count). The van der Waals surface area contributed by atoms with Gasteiger partial charge >= 0.3 is 5.85 Å². The lowest BCUT2D eigenvalue weighted by molar-refractivity contribution is 0.133. The standard InChI is InChI=1S/C32H37N5O/c1-6-7-11-23-12-10-13-24-16-17-27-29(28(23)24)33-20-32(38-27)36(18-21(2)3)30-31(37(32)19-22(4)5)35-26-15-9-8-14-25(26)34-30/h8-10,12-17,20-22H,6-7,11,18-19H2,1-5H3. The summed E-state index contributed by atoms with van der Waals surface area (Å²) in [5, 5.41) is 2.41. The molecule has 0 atom stereocenters. The third-order valence-corrected chi connectivity index (χ3v) is 7.40. The molecule has 6 nitrogen and oxygen atoms in total. The van der Waals surface area contributed by atoms with Gasteiger partial charge in [-0.15, -0.1) is 0 Å². The maximum atomic E-state index is 7.11. The molecule has 1 aromatic heterocycles. The SMILES string of the molecule is CCCCc1cccc2ccc3c(c12)N=CC1(O3)N(CC(C)C)c2nc3ccccc3nc2N1CC(C)C. The van der Waals surface area contributed by atoms with Crippen LogP contribution in [0.5, 0.6) is 5.75 Å². The summed E-state index contributed by atoms with van der Waals surface area (Å²) in [6.45, 7) is 12.7. The Labute approximate surface area is 225 Å². The number of fused-ring (bicyclic) bond motifs is 5. The van der Waals surface area contributed by atoms with Gasteiger partial charge in [-0.2, -0.15) is 0 Å². The molecule has 2 aliphatic heterocycles. The number of aliphatic imine (C=N–C) groups is 1. The lowest BCUT2D eigenvalue weighted by Crippen LogP contribution is -2.65. The van der Waals surface area contributed by atoms with Crippen molar-refractivity contribution in [3.63, 3.8) is 0 Å². The van der Waals surface area contributed by atoms with E-state index in [-0.39, 0.29) is 0 Å². The summed E-state index contributed by atoms with van der Waals surface area (Å²) in [6, 6.07) is 18.9. The van der Waals surface area contributed by atoms with Gasteiger partial charge in [0, 0.05) is 18.5 Å². The van der Waals surface area contributed by atoms with E-state index in [1.807, 2.05) is 30.5 Å². The average Bonchev–Trinajstić information content (AvgIpc) is 3.12. The van der Waals surface area contributed by atoms with Crippen molar-refractivity contribution in [3.8, 4) is 5.75 Å². The summed E-state index contributed by atoms with van der Waals surface area (Å²) in [4.78, 5) is 20.0. The highest BCUT2D eigenvalue weighted by Crippen LogP contribution is 2.49. The van der Waals surface area contributed by atoms with Crippen LogP contribution in [-0.2, 0) is 6.42 Å². The van der Waals surface area contributed by atoms with E-state index in [4.69, 9.17) is 19.7 Å². The molecule has 38 heavy (non-hydrogen) atoms. The Morgan fingerprint density at radius 3 is 2.08 bits per heavy atom. The number of hydrogen-bond donors (Lipinski definition) is 0. The fraction of sp³-hybridized carbons (Fsp3) is 0.406. The largest absolute Gasteiger partial charge is 0.442 e. The van der Waals surface area contributed by atoms with Crippen LogP contribution in [0.1, 0.15) is 53.0 Å². The predicted molar refractivity (Wildman–Crippen MR) is 158 cm³/mol. The first-order valence-electron chi connectivity index (χ1n) is 14.0. The third-order valence-electron chi connectivity index (χ3n) is 7.40. The molecule has 0 fully saturated rings. The molecule has 0 aliphatic carbocycles. The monoisotopic (exact) mass is 507 g/mol. The minimum atomic E-state index is -0.923. The molecule has 0 saturated heterocycles. The number of aromatic nitrogens is 2. The molecule has 0 radical (unpaired) electrons. The Morgan fingerprint density at radius 1 is 0.816 bits per heavy atom. The zero-order valence-electron chi connectivity index (χ0n) is 23.1. The summed E-state index contributed by atoms with van der Waals surface area (Å²) in [6.07, 6.45) is 5.36. The zero-order valence-corrected chi connectivity index (χ0v) is 23.1. The summed E-state index contributed by atoms with van der Waals surface area (Å²) in [5.74, 6) is 2.39. The molecule has 0 amide bonds. The third kappa shape index (κ3) is 3.98. The molecule has 6 heteroatoms. The highest BCUT2D eigenvalue weighted by Gasteiger charge is 2.55. The fourth-order valence-electron chi connectivity index (χ4n) is 5.75. The first-order valence-corrected chi connectivity index (χ1v) is 14.0. The number of hydrogen-bond acceptors (Lipinski definition) is 6. The number of aryl methyl sites for hydroxylation is 1. The van der Waals surface area contributed by atoms with Crippen molar-refractivity contribution in [3.05, 3.63) is 60.2 Å². The van der Waals surface area contributed by atoms with E-state index in [0.717, 1.165) is 66.5 Å². The first kappa shape index (κ1) is 24.7. The highest BCUT2D eigenvalue weighted by molar-refractivity contribution is 6.02. The van der Waals surface area contributed by atoms with Gasteiger partial charge in [-0.3, -0.25) is 9.80 Å². The molecule has 0 saturated carbocycles. The molecule has 3 aromatic carbocycles. The fourth-order valence-corrected chi connectivity index (χ4v) is 5.75. The van der Waals surface area contributed by atoms with Crippen LogP contribution in [0, 0.1) is 11.8 Å². The second kappa shape index (κ2) is 9.57. The van der Waals surface area contributed by atoms with E-state index in [1.54, 1.807) is 0 Å². The summed E-state index contributed by atoms with van der Waals surface area (Å²) in [7, 11) is 0. The smallest absolute Gasteiger partial charge is 0.305 e. The summed E-state index contributed by atoms with van der Waals surface area (Å²) in [5.41, 5.74) is 4.04. The Kier molecular flexibility index (Phi) is 6.21. The maximum Gasteiger partial charge on any atom is 0.305 e. The number of para-hydroxylation sites is 2. The van der Waals surface area contributed by atoms with Crippen LogP contribution < -0.4 is 14.5 Å². The van der Waals surface area contributed by atoms with Gasteiger partial charge < -0.3 is 4.74 Å². The van der Waals surface area contributed by atoms with Crippen molar-refractivity contribution in [2.45, 2.75) is 59.7 Å². The van der Waals surface area contributed by atoms with Gasteiger partial charge in [-0.05, 0) is 53.8 Å². The number of benzene rings is 3. The van der Waals surface area contributed by atoms with Gasteiger partial charge in [0.2, 0.25) is 0 Å². The Bertz CT molecular complexity index is 1470. The van der Waals surface area contributed by atoms with Crippen LogP contribution in [0.15, 0.2) is 59.6 Å². The van der Waals surface area contributed by atoms with Gasteiger partial charge in [-0.25, -0.2) is 15.0 Å². The average molecular weight is 508 g/mol. The van der Waals surface area contributed by atoms with Crippen molar-refractivity contribution in [2.75, 3.05) is 22.9 Å². The first-order chi connectivity index (χ1) is 18.4.